The predicted molar refractivity (Wildman–Crippen MR) is 134 cm³/mol. The third-order valence-corrected chi connectivity index (χ3v) is 8.90. The van der Waals surface area contributed by atoms with Crippen LogP contribution in [0.1, 0.15) is 42.4 Å². The van der Waals surface area contributed by atoms with Gasteiger partial charge in [-0.3, -0.25) is 4.79 Å². The van der Waals surface area contributed by atoms with Gasteiger partial charge in [0, 0.05) is 46.5 Å². The lowest BCUT2D eigenvalue weighted by molar-refractivity contribution is -0.224. The Morgan fingerprint density at radius 2 is 1.74 bits per heavy atom. The van der Waals surface area contributed by atoms with E-state index in [1.54, 1.807) is 0 Å². The van der Waals surface area contributed by atoms with Gasteiger partial charge in [-0.05, 0) is 31.7 Å². The number of nitrogens with one attached hydrogen (secondary N) is 2. The van der Waals surface area contributed by atoms with E-state index in [0.29, 0.717) is 12.6 Å². The van der Waals surface area contributed by atoms with Crippen LogP contribution in [0, 0.1) is 5.92 Å². The Hall–Kier alpha value is -3.35. The van der Waals surface area contributed by atoms with Gasteiger partial charge in [0.25, 0.3) is 5.91 Å². The van der Waals surface area contributed by atoms with E-state index in [0.717, 1.165) is 44.9 Å². The summed E-state index contributed by atoms with van der Waals surface area (Å²) in [4.78, 5) is 13.3. The number of amides is 1. The zero-order valence-corrected chi connectivity index (χ0v) is 19.5. The highest BCUT2D eigenvalue weighted by molar-refractivity contribution is 6.31. The molecule has 2 bridgehead atoms. The van der Waals surface area contributed by atoms with Gasteiger partial charge in [0.1, 0.15) is 12.0 Å². The van der Waals surface area contributed by atoms with Crippen LogP contribution in [0.4, 0.5) is 0 Å². The van der Waals surface area contributed by atoms with Crippen LogP contribution in [0.3, 0.4) is 0 Å². The van der Waals surface area contributed by atoms with Crippen LogP contribution in [-0.4, -0.2) is 28.1 Å². The van der Waals surface area contributed by atoms with Gasteiger partial charge in [0.2, 0.25) is 0 Å². The minimum atomic E-state index is -0.546. The number of rotatable bonds is 1. The molecule has 6 nitrogen and oxygen atoms in total. The summed E-state index contributed by atoms with van der Waals surface area (Å²) in [5, 5.41) is 11.3. The second-order valence-electron chi connectivity index (χ2n) is 10.3. The van der Waals surface area contributed by atoms with Crippen molar-refractivity contribution >= 4 is 49.5 Å². The molecule has 0 unspecified atom stereocenters. The molecule has 170 valence electrons. The number of nitrogens with zero attached hydrogens (tertiary/aromatic N) is 2. The molecule has 5 heterocycles. The SMILES string of the molecule is CN[C@@H]1C[C@H]2O[C@@](C)([C@@H]1C)n1c3ccccc3c3c4c(c5c6ccccc6n2c5c31)C(=O)NC4. The summed E-state index contributed by atoms with van der Waals surface area (Å²) in [6.07, 6.45) is 0.736. The Labute approximate surface area is 196 Å². The first-order valence-corrected chi connectivity index (χ1v) is 12.2. The fraction of sp³-hybridized carbons (Fsp3) is 0.321. The van der Waals surface area contributed by atoms with Crippen molar-refractivity contribution in [1.82, 2.24) is 19.8 Å². The molecule has 3 aliphatic heterocycles. The smallest absolute Gasteiger partial charge is 0.252 e. The average molecular weight is 451 g/mol. The number of para-hydroxylation sites is 2. The maximum absolute atomic E-state index is 13.3. The summed E-state index contributed by atoms with van der Waals surface area (Å²) in [7, 11) is 2.06. The average Bonchev–Trinajstić information content (AvgIpc) is 3.48. The van der Waals surface area contributed by atoms with Gasteiger partial charge >= 0.3 is 0 Å². The molecule has 8 rings (SSSR count). The number of hydrogen-bond donors (Lipinski definition) is 2. The van der Waals surface area contributed by atoms with E-state index >= 15 is 0 Å². The first kappa shape index (κ1) is 19.0. The molecule has 5 aromatic rings. The number of carbonyl (C=O) groups excluding carboxylic acids is 1. The quantitative estimate of drug-likeness (QED) is 0.379. The van der Waals surface area contributed by atoms with Crippen LogP contribution in [0.2, 0.25) is 0 Å². The van der Waals surface area contributed by atoms with Crippen molar-refractivity contribution in [2.24, 2.45) is 5.92 Å². The van der Waals surface area contributed by atoms with E-state index in [1.807, 2.05) is 0 Å². The molecule has 0 aliphatic carbocycles. The van der Waals surface area contributed by atoms with Crippen LogP contribution in [0.15, 0.2) is 48.5 Å². The zero-order chi connectivity index (χ0) is 22.9. The molecule has 1 amide bonds. The van der Waals surface area contributed by atoms with E-state index in [9.17, 15) is 4.79 Å². The van der Waals surface area contributed by atoms with Crippen LogP contribution in [-0.2, 0) is 17.0 Å². The van der Waals surface area contributed by atoms with Crippen molar-refractivity contribution in [3.63, 3.8) is 0 Å². The van der Waals surface area contributed by atoms with Crippen molar-refractivity contribution in [3.8, 4) is 0 Å². The summed E-state index contributed by atoms with van der Waals surface area (Å²) in [6, 6.07) is 17.4. The molecule has 0 spiro atoms. The predicted octanol–water partition coefficient (Wildman–Crippen LogP) is 4.98. The first-order chi connectivity index (χ1) is 16.5. The number of ether oxygens (including phenoxy) is 1. The highest BCUT2D eigenvalue weighted by atomic mass is 16.5. The van der Waals surface area contributed by atoms with Crippen LogP contribution in [0.25, 0.3) is 43.6 Å². The van der Waals surface area contributed by atoms with Crippen molar-refractivity contribution in [3.05, 3.63) is 59.7 Å². The van der Waals surface area contributed by atoms with E-state index < -0.39 is 5.72 Å². The Balaban J connectivity index is 1.74. The van der Waals surface area contributed by atoms with E-state index in [2.05, 4.69) is 89.2 Å². The topological polar surface area (TPSA) is 60.2 Å². The fourth-order valence-electron chi connectivity index (χ4n) is 7.25. The highest BCUT2D eigenvalue weighted by Crippen LogP contribution is 2.54. The second-order valence-corrected chi connectivity index (χ2v) is 10.3. The zero-order valence-electron chi connectivity index (χ0n) is 19.5. The van der Waals surface area contributed by atoms with E-state index in [4.69, 9.17) is 4.74 Å². The van der Waals surface area contributed by atoms with Crippen molar-refractivity contribution in [1.29, 1.82) is 0 Å². The highest BCUT2D eigenvalue weighted by Gasteiger charge is 2.50. The summed E-state index contributed by atoms with van der Waals surface area (Å²) >= 11 is 0. The van der Waals surface area contributed by atoms with Gasteiger partial charge < -0.3 is 24.5 Å². The van der Waals surface area contributed by atoms with Gasteiger partial charge in [-0.15, -0.1) is 0 Å². The van der Waals surface area contributed by atoms with Crippen LogP contribution >= 0.6 is 0 Å². The molecule has 3 aliphatic rings. The Kier molecular flexibility index (Phi) is 3.36. The summed E-state index contributed by atoms with van der Waals surface area (Å²) in [6.45, 7) is 5.10. The second kappa shape index (κ2) is 6.01. The molecular formula is C28H26N4O2. The standard InChI is InChI=1S/C28H26N4O2/c1-14-18(29-3)12-21-31-19-10-6-4-8-15(19)23-24-17(13-30-27(24)33)22-16-9-5-7-11-20(16)32(26(22)25(23)31)28(14,2)34-21/h4-11,14,18,21,29H,12-13H2,1-3H3,(H,30,33)/t14-,18-,21-,28+/m1/s1. The summed E-state index contributed by atoms with van der Waals surface area (Å²) in [5.74, 6) is 0.268. The number of benzene rings is 3. The van der Waals surface area contributed by atoms with Gasteiger partial charge in [0.05, 0.1) is 27.6 Å². The Bertz CT molecular complexity index is 1730. The van der Waals surface area contributed by atoms with E-state index in [-0.39, 0.29) is 18.1 Å². The summed E-state index contributed by atoms with van der Waals surface area (Å²) < 4.78 is 12.0. The largest absolute Gasteiger partial charge is 0.348 e. The molecule has 3 aromatic carbocycles. The maximum atomic E-state index is 13.3. The molecule has 0 saturated carbocycles. The molecule has 4 atom stereocenters. The Morgan fingerprint density at radius 3 is 2.50 bits per heavy atom. The molecule has 0 radical (unpaired) electrons. The van der Waals surface area contributed by atoms with Crippen molar-refractivity contribution in [2.45, 2.75) is 44.8 Å². The molecule has 2 aromatic heterocycles. The minimum Gasteiger partial charge on any atom is -0.348 e. The fourth-order valence-corrected chi connectivity index (χ4v) is 7.25. The lowest BCUT2D eigenvalue weighted by Crippen LogP contribution is -2.54. The van der Waals surface area contributed by atoms with Crippen LogP contribution in [0.5, 0.6) is 0 Å². The van der Waals surface area contributed by atoms with Crippen molar-refractivity contribution < 1.29 is 9.53 Å². The lowest BCUT2D eigenvalue weighted by atomic mass is 9.85. The number of hydrogen-bond acceptors (Lipinski definition) is 3. The molecule has 34 heavy (non-hydrogen) atoms. The molecular weight excluding hydrogens is 424 g/mol. The minimum absolute atomic E-state index is 0.0254. The maximum Gasteiger partial charge on any atom is 0.252 e. The third-order valence-electron chi connectivity index (χ3n) is 8.90. The van der Waals surface area contributed by atoms with Gasteiger partial charge in [-0.1, -0.05) is 43.3 Å². The number of aromatic nitrogens is 2. The van der Waals surface area contributed by atoms with Crippen LogP contribution < -0.4 is 10.6 Å². The van der Waals surface area contributed by atoms with E-state index in [1.165, 1.54) is 16.3 Å². The molecule has 2 N–H and O–H groups in total. The Morgan fingerprint density at radius 1 is 1.03 bits per heavy atom. The number of fused-ring (bicyclic) bond motifs is 13. The van der Waals surface area contributed by atoms with Crippen molar-refractivity contribution in [2.75, 3.05) is 7.05 Å². The third kappa shape index (κ3) is 1.93. The normalized spacial score (nSPS) is 27.7. The summed E-state index contributed by atoms with van der Waals surface area (Å²) in [5.41, 5.74) is 6.01. The van der Waals surface area contributed by atoms with Gasteiger partial charge in [-0.2, -0.15) is 0 Å². The molecule has 6 heteroatoms. The number of carbonyl (C=O) groups is 1. The molecule has 1 saturated heterocycles. The first-order valence-electron chi connectivity index (χ1n) is 12.2. The molecule has 1 fully saturated rings. The monoisotopic (exact) mass is 450 g/mol. The van der Waals surface area contributed by atoms with Gasteiger partial charge in [0.15, 0.2) is 0 Å². The van der Waals surface area contributed by atoms with Gasteiger partial charge in [-0.25, -0.2) is 0 Å². The lowest BCUT2D eigenvalue weighted by Gasteiger charge is -2.48.